The zero-order valence-electron chi connectivity index (χ0n) is 12.3. The molecule has 0 aliphatic heterocycles. The normalized spacial score (nSPS) is 11.0. The minimum Gasteiger partial charge on any atom is -0.289 e. The highest BCUT2D eigenvalue weighted by Crippen LogP contribution is 2.30. The third-order valence-electron chi connectivity index (χ3n) is 4.10. The van der Waals surface area contributed by atoms with Crippen LogP contribution in [-0.4, -0.2) is 5.78 Å². The fourth-order valence-electron chi connectivity index (χ4n) is 3.01. The molecular weight excluding hydrogens is 287 g/mol. The molecule has 2 heteroatoms. The number of hydrogen-bond acceptors (Lipinski definition) is 1. The van der Waals surface area contributed by atoms with Crippen molar-refractivity contribution in [1.29, 1.82) is 0 Å². The Labute approximate surface area is 133 Å². The molecule has 0 N–H and O–H groups in total. The van der Waals surface area contributed by atoms with Gasteiger partial charge in [-0.05, 0) is 39.7 Å². The lowest BCUT2D eigenvalue weighted by Crippen LogP contribution is -2.02. The molecule has 4 rings (SSSR count). The first-order valence-corrected chi connectivity index (χ1v) is 7.45. The summed E-state index contributed by atoms with van der Waals surface area (Å²) in [6.07, 6.45) is 0. The lowest BCUT2D eigenvalue weighted by Gasteiger charge is -2.10. The quantitative estimate of drug-likeness (QED) is 0.359. The van der Waals surface area contributed by atoms with Crippen LogP contribution in [0.2, 0.25) is 0 Å². The van der Waals surface area contributed by atoms with Crippen LogP contribution in [0.5, 0.6) is 0 Å². The van der Waals surface area contributed by atoms with E-state index >= 15 is 0 Å². The third kappa shape index (κ3) is 2.29. The number of rotatable bonds is 2. The van der Waals surface area contributed by atoms with Crippen molar-refractivity contribution in [1.82, 2.24) is 0 Å². The number of benzene rings is 4. The Balaban J connectivity index is 2.07. The zero-order valence-corrected chi connectivity index (χ0v) is 12.3. The van der Waals surface area contributed by atoms with Gasteiger partial charge in [-0.1, -0.05) is 60.7 Å². The Morgan fingerprint density at radius 1 is 0.696 bits per heavy atom. The first-order chi connectivity index (χ1) is 11.2. The molecule has 0 aliphatic rings. The maximum absolute atomic E-state index is 13.7. The molecule has 4 aromatic carbocycles. The van der Waals surface area contributed by atoms with Crippen molar-refractivity contribution in [3.05, 3.63) is 95.8 Å². The van der Waals surface area contributed by atoms with Crippen molar-refractivity contribution in [3.63, 3.8) is 0 Å². The molecule has 0 heterocycles. The summed E-state index contributed by atoms with van der Waals surface area (Å²) in [5.74, 6) is -0.347. The molecule has 0 aliphatic carbocycles. The standard InChI is InChI=1S/C21H13FO/c22-16-10-11-18-19(13-16)17-9-5-4-8-15(17)12-20(18)21(23)14-6-2-1-3-7-14/h1-13H. The van der Waals surface area contributed by atoms with Gasteiger partial charge in [0.1, 0.15) is 5.82 Å². The molecule has 0 fully saturated rings. The second-order valence-electron chi connectivity index (χ2n) is 5.53. The number of ketones is 1. The highest BCUT2D eigenvalue weighted by molar-refractivity contribution is 6.22. The van der Waals surface area contributed by atoms with Crippen LogP contribution in [0.25, 0.3) is 21.5 Å². The first-order valence-electron chi connectivity index (χ1n) is 7.45. The highest BCUT2D eigenvalue weighted by Gasteiger charge is 2.15. The van der Waals surface area contributed by atoms with Crippen molar-refractivity contribution < 1.29 is 9.18 Å². The van der Waals surface area contributed by atoms with Crippen molar-refractivity contribution in [2.24, 2.45) is 0 Å². The second kappa shape index (κ2) is 5.33. The number of hydrogen-bond donors (Lipinski definition) is 0. The van der Waals surface area contributed by atoms with Gasteiger partial charge in [0, 0.05) is 11.1 Å². The van der Waals surface area contributed by atoms with Gasteiger partial charge in [0.25, 0.3) is 0 Å². The van der Waals surface area contributed by atoms with Gasteiger partial charge in [-0.2, -0.15) is 0 Å². The van der Waals surface area contributed by atoms with E-state index in [2.05, 4.69) is 0 Å². The Bertz CT molecular complexity index is 1040. The Hall–Kier alpha value is -3.00. The molecule has 4 aromatic rings. The van der Waals surface area contributed by atoms with E-state index in [0.29, 0.717) is 11.1 Å². The van der Waals surface area contributed by atoms with Gasteiger partial charge < -0.3 is 0 Å². The van der Waals surface area contributed by atoms with E-state index in [1.165, 1.54) is 12.1 Å². The van der Waals surface area contributed by atoms with E-state index in [9.17, 15) is 9.18 Å². The van der Waals surface area contributed by atoms with E-state index in [0.717, 1.165) is 21.5 Å². The lowest BCUT2D eigenvalue weighted by atomic mass is 9.93. The number of fused-ring (bicyclic) bond motifs is 3. The van der Waals surface area contributed by atoms with Crippen LogP contribution >= 0.6 is 0 Å². The van der Waals surface area contributed by atoms with Gasteiger partial charge in [-0.3, -0.25) is 4.79 Å². The third-order valence-corrected chi connectivity index (χ3v) is 4.10. The molecular formula is C21H13FO. The summed E-state index contributed by atoms with van der Waals surface area (Å²) in [7, 11) is 0. The van der Waals surface area contributed by atoms with Gasteiger partial charge in [0.05, 0.1) is 0 Å². The SMILES string of the molecule is O=C(c1ccccc1)c1cc2ccccc2c2cc(F)ccc12. The van der Waals surface area contributed by atoms with Crippen LogP contribution in [-0.2, 0) is 0 Å². The maximum atomic E-state index is 13.7. The predicted molar refractivity (Wildman–Crippen MR) is 91.3 cm³/mol. The van der Waals surface area contributed by atoms with E-state index < -0.39 is 0 Å². The van der Waals surface area contributed by atoms with E-state index in [4.69, 9.17) is 0 Å². The predicted octanol–water partition coefficient (Wildman–Crippen LogP) is 5.36. The second-order valence-corrected chi connectivity index (χ2v) is 5.53. The first kappa shape index (κ1) is 13.6. The van der Waals surface area contributed by atoms with Crippen molar-refractivity contribution in [2.75, 3.05) is 0 Å². The monoisotopic (exact) mass is 300 g/mol. The summed E-state index contributed by atoms with van der Waals surface area (Å²) in [4.78, 5) is 12.9. The zero-order chi connectivity index (χ0) is 15.8. The molecule has 0 saturated carbocycles. The topological polar surface area (TPSA) is 17.1 Å². The van der Waals surface area contributed by atoms with Crippen LogP contribution in [0.1, 0.15) is 15.9 Å². The van der Waals surface area contributed by atoms with E-state index in [1.807, 2.05) is 48.5 Å². The molecule has 0 unspecified atom stereocenters. The Morgan fingerprint density at radius 2 is 1.43 bits per heavy atom. The van der Waals surface area contributed by atoms with Crippen molar-refractivity contribution >= 4 is 27.3 Å². The molecule has 0 aromatic heterocycles. The molecule has 110 valence electrons. The number of carbonyl (C=O) groups is 1. The minimum absolute atomic E-state index is 0.0482. The van der Waals surface area contributed by atoms with Gasteiger partial charge >= 0.3 is 0 Å². The Kier molecular flexibility index (Phi) is 3.16. The lowest BCUT2D eigenvalue weighted by molar-refractivity contribution is 0.104. The Morgan fingerprint density at radius 3 is 2.26 bits per heavy atom. The van der Waals surface area contributed by atoms with Crippen LogP contribution < -0.4 is 0 Å². The molecule has 1 nitrogen and oxygen atoms in total. The van der Waals surface area contributed by atoms with Crippen LogP contribution in [0.15, 0.2) is 78.9 Å². The molecule has 0 amide bonds. The molecule has 23 heavy (non-hydrogen) atoms. The number of halogens is 1. The summed E-state index contributed by atoms with van der Waals surface area (Å²) in [5, 5.41) is 3.43. The van der Waals surface area contributed by atoms with Crippen LogP contribution in [0.4, 0.5) is 4.39 Å². The van der Waals surface area contributed by atoms with Gasteiger partial charge in [-0.25, -0.2) is 4.39 Å². The van der Waals surface area contributed by atoms with Crippen LogP contribution in [0, 0.1) is 5.82 Å². The average Bonchev–Trinajstić information content (AvgIpc) is 2.61. The molecule has 0 radical (unpaired) electrons. The molecule has 0 bridgehead atoms. The summed E-state index contributed by atoms with van der Waals surface area (Å²) in [6, 6.07) is 23.4. The summed E-state index contributed by atoms with van der Waals surface area (Å²) in [5.41, 5.74) is 1.23. The minimum atomic E-state index is -0.299. The van der Waals surface area contributed by atoms with Gasteiger partial charge in [0.15, 0.2) is 5.78 Å². The number of carbonyl (C=O) groups excluding carboxylic acids is 1. The largest absolute Gasteiger partial charge is 0.289 e. The molecule has 0 atom stereocenters. The fourth-order valence-corrected chi connectivity index (χ4v) is 3.01. The van der Waals surface area contributed by atoms with E-state index in [-0.39, 0.29) is 11.6 Å². The highest BCUT2D eigenvalue weighted by atomic mass is 19.1. The van der Waals surface area contributed by atoms with E-state index in [1.54, 1.807) is 18.2 Å². The van der Waals surface area contributed by atoms with Gasteiger partial charge in [-0.15, -0.1) is 0 Å². The molecule has 0 saturated heterocycles. The van der Waals surface area contributed by atoms with Gasteiger partial charge in [0.2, 0.25) is 0 Å². The maximum Gasteiger partial charge on any atom is 0.193 e. The smallest absolute Gasteiger partial charge is 0.193 e. The molecule has 0 spiro atoms. The summed E-state index contributed by atoms with van der Waals surface area (Å²) < 4.78 is 13.7. The fraction of sp³-hybridized carbons (Fsp3) is 0. The summed E-state index contributed by atoms with van der Waals surface area (Å²) >= 11 is 0. The average molecular weight is 300 g/mol. The van der Waals surface area contributed by atoms with Crippen LogP contribution in [0.3, 0.4) is 0 Å². The van der Waals surface area contributed by atoms with Crippen molar-refractivity contribution in [2.45, 2.75) is 0 Å². The summed E-state index contributed by atoms with van der Waals surface area (Å²) in [6.45, 7) is 0. The van der Waals surface area contributed by atoms with Crippen molar-refractivity contribution in [3.8, 4) is 0 Å².